The van der Waals surface area contributed by atoms with Crippen molar-refractivity contribution in [3.8, 4) is 0 Å². The average molecular weight is 453 g/mol. The summed E-state index contributed by atoms with van der Waals surface area (Å²) < 4.78 is 148. The zero-order valence-electron chi connectivity index (χ0n) is 14.5. The molecule has 0 radical (unpaired) electrons. The molecule has 0 fully saturated rings. The second-order valence-electron chi connectivity index (χ2n) is 6.68. The molecular weight excluding hydrogens is 441 g/mol. The molecule has 0 aromatic carbocycles. The van der Waals surface area contributed by atoms with Crippen molar-refractivity contribution in [3.63, 3.8) is 0 Å². The first-order chi connectivity index (χ1) is 12.4. The molecule has 1 atom stereocenters. The highest BCUT2D eigenvalue weighted by molar-refractivity contribution is 5.90. The van der Waals surface area contributed by atoms with Crippen LogP contribution >= 0.6 is 0 Å². The second kappa shape index (κ2) is 7.63. The van der Waals surface area contributed by atoms with Gasteiger partial charge in [0.2, 0.25) is 0 Å². The lowest BCUT2D eigenvalue weighted by Gasteiger charge is -2.43. The van der Waals surface area contributed by atoms with E-state index < -0.39 is 53.3 Å². The first-order valence-corrected chi connectivity index (χ1v) is 7.12. The van der Waals surface area contributed by atoms with Gasteiger partial charge in [-0.25, -0.2) is 4.79 Å². The summed E-state index contributed by atoms with van der Waals surface area (Å²) in [6, 6.07) is 0. The van der Waals surface area contributed by atoms with Gasteiger partial charge in [-0.05, 0) is 6.08 Å². The number of ether oxygens (including phenoxy) is 1. The fraction of sp³-hybridized carbons (Fsp3) is 0.714. The summed E-state index contributed by atoms with van der Waals surface area (Å²) in [6.07, 6.45) is -11.3. The fourth-order valence-electron chi connectivity index (χ4n) is 1.84. The van der Waals surface area contributed by atoms with E-state index in [9.17, 15) is 63.0 Å². The first-order valence-electron chi connectivity index (χ1n) is 7.12. The van der Waals surface area contributed by atoms with Gasteiger partial charge in [0.15, 0.2) is 6.10 Å². The molecule has 0 aliphatic rings. The molecule has 0 heterocycles. The molecule has 170 valence electrons. The highest BCUT2D eigenvalue weighted by atomic mass is 19.4. The van der Waals surface area contributed by atoms with E-state index in [0.717, 1.165) is 0 Å². The summed E-state index contributed by atoms with van der Waals surface area (Å²) in [5.41, 5.74) is -2.43. The molecule has 0 spiro atoms. The monoisotopic (exact) mass is 453 g/mol. The van der Waals surface area contributed by atoms with Crippen molar-refractivity contribution in [2.24, 2.45) is 5.41 Å². The predicted molar refractivity (Wildman–Crippen MR) is 69.3 cm³/mol. The van der Waals surface area contributed by atoms with Crippen molar-refractivity contribution >= 4 is 11.9 Å². The van der Waals surface area contributed by atoms with Crippen LogP contribution in [0.25, 0.3) is 0 Å². The van der Waals surface area contributed by atoms with Crippen LogP contribution in [0.1, 0.15) is 20.8 Å². The number of carbonyl (C=O) groups is 2. The minimum atomic E-state index is -7.67. The number of carbonyl (C=O) groups excluding carboxylic acids is 2. The minimum Gasteiger partial charge on any atom is -0.545 e. The summed E-state index contributed by atoms with van der Waals surface area (Å²) in [5.74, 6) is -33.3. The molecule has 0 aliphatic heterocycles. The Hall–Kier alpha value is -2.09. The first kappa shape index (κ1) is 26.9. The van der Waals surface area contributed by atoms with Gasteiger partial charge >= 0.3 is 35.8 Å². The van der Waals surface area contributed by atoms with Gasteiger partial charge in [-0.1, -0.05) is 20.8 Å². The van der Waals surface area contributed by atoms with Gasteiger partial charge in [0, 0.05) is 11.5 Å². The molecular formula is C14H12F11O4-. The van der Waals surface area contributed by atoms with Gasteiger partial charge in [-0.2, -0.15) is 48.3 Å². The SMILES string of the molecule is CC(C)(C)C(OC(=O)/C=C/C(=O)[O-])C(F)(F)C(F)(F)C(F)(F)C(F)(F)C(F)(F)F. The lowest BCUT2D eigenvalue weighted by molar-refractivity contribution is -0.431. The highest BCUT2D eigenvalue weighted by Gasteiger charge is 2.88. The summed E-state index contributed by atoms with van der Waals surface area (Å²) in [5, 5.41) is 10.1. The Morgan fingerprint density at radius 2 is 1.17 bits per heavy atom. The number of hydrogen-bond acceptors (Lipinski definition) is 4. The van der Waals surface area contributed by atoms with Crippen LogP contribution in [-0.4, -0.2) is 47.9 Å². The Labute approximate surface area is 155 Å². The largest absolute Gasteiger partial charge is 0.545 e. The molecule has 4 nitrogen and oxygen atoms in total. The molecule has 29 heavy (non-hydrogen) atoms. The number of carboxylic acid groups (broad SMARTS) is 1. The second-order valence-corrected chi connectivity index (χ2v) is 6.68. The summed E-state index contributed by atoms with van der Waals surface area (Å²) >= 11 is 0. The molecule has 0 N–H and O–H groups in total. The zero-order chi connectivity index (χ0) is 23.9. The molecule has 0 aromatic heterocycles. The smallest absolute Gasteiger partial charge is 0.460 e. The Balaban J connectivity index is 6.39. The van der Waals surface area contributed by atoms with Crippen LogP contribution < -0.4 is 5.11 Å². The van der Waals surface area contributed by atoms with Crippen molar-refractivity contribution in [2.45, 2.75) is 56.7 Å². The predicted octanol–water partition coefficient (Wildman–Crippen LogP) is 3.35. The van der Waals surface area contributed by atoms with Gasteiger partial charge in [0.25, 0.3) is 0 Å². The molecule has 0 saturated heterocycles. The third kappa shape index (κ3) is 4.91. The number of carboxylic acids is 1. The van der Waals surface area contributed by atoms with Gasteiger partial charge in [0.05, 0.1) is 5.97 Å². The van der Waals surface area contributed by atoms with Gasteiger partial charge in [0.1, 0.15) is 0 Å². The lowest BCUT2D eigenvalue weighted by atomic mass is 9.80. The molecule has 0 rings (SSSR count). The van der Waals surface area contributed by atoms with Crippen molar-refractivity contribution < 1.29 is 67.7 Å². The fourth-order valence-corrected chi connectivity index (χ4v) is 1.84. The number of halogens is 11. The minimum absolute atomic E-state index is 0.134. The Morgan fingerprint density at radius 3 is 1.48 bits per heavy atom. The third-order valence-corrected chi connectivity index (χ3v) is 3.27. The zero-order valence-corrected chi connectivity index (χ0v) is 14.5. The number of hydrogen-bond donors (Lipinski definition) is 0. The van der Waals surface area contributed by atoms with Gasteiger partial charge < -0.3 is 14.6 Å². The number of alkyl halides is 11. The van der Waals surface area contributed by atoms with E-state index in [2.05, 4.69) is 4.74 Å². The Bertz CT molecular complexity index is 659. The van der Waals surface area contributed by atoms with Gasteiger partial charge in [-0.15, -0.1) is 0 Å². The van der Waals surface area contributed by atoms with Crippen LogP contribution in [0.4, 0.5) is 48.3 Å². The Kier molecular flexibility index (Phi) is 7.08. The third-order valence-electron chi connectivity index (χ3n) is 3.27. The van der Waals surface area contributed by atoms with Crippen LogP contribution in [0, 0.1) is 5.41 Å². The highest BCUT2D eigenvalue weighted by Crippen LogP contribution is 2.59. The average Bonchev–Trinajstić information content (AvgIpc) is 2.47. The van der Waals surface area contributed by atoms with E-state index in [1.54, 1.807) is 0 Å². The molecule has 1 unspecified atom stereocenters. The lowest BCUT2D eigenvalue weighted by Crippen LogP contribution is -2.70. The van der Waals surface area contributed by atoms with Crippen LogP contribution in [0.2, 0.25) is 0 Å². The number of aliphatic carboxylic acids is 1. The van der Waals surface area contributed by atoms with E-state index in [1.807, 2.05) is 0 Å². The van der Waals surface area contributed by atoms with Crippen molar-refractivity contribution in [1.29, 1.82) is 0 Å². The maximum atomic E-state index is 14.2. The van der Waals surface area contributed by atoms with Crippen LogP contribution in [-0.2, 0) is 14.3 Å². The number of esters is 1. The van der Waals surface area contributed by atoms with E-state index >= 15 is 0 Å². The normalized spacial score (nSPS) is 16.1. The summed E-state index contributed by atoms with van der Waals surface area (Å²) in [7, 11) is 0. The molecule has 15 heteroatoms. The molecule has 0 amide bonds. The van der Waals surface area contributed by atoms with Crippen molar-refractivity contribution in [3.05, 3.63) is 12.2 Å². The van der Waals surface area contributed by atoms with Gasteiger partial charge in [-0.3, -0.25) is 0 Å². The van der Waals surface area contributed by atoms with Crippen LogP contribution in [0.3, 0.4) is 0 Å². The van der Waals surface area contributed by atoms with Crippen molar-refractivity contribution in [2.75, 3.05) is 0 Å². The Morgan fingerprint density at radius 1 is 0.759 bits per heavy atom. The molecule has 0 saturated carbocycles. The molecule has 0 aromatic rings. The quantitative estimate of drug-likeness (QED) is 0.337. The maximum absolute atomic E-state index is 14.2. The summed E-state index contributed by atoms with van der Waals surface area (Å²) in [6.45, 7) is 1.74. The van der Waals surface area contributed by atoms with Crippen LogP contribution in [0.15, 0.2) is 12.2 Å². The van der Waals surface area contributed by atoms with Crippen molar-refractivity contribution in [1.82, 2.24) is 0 Å². The molecule has 0 aliphatic carbocycles. The number of rotatable bonds is 7. The molecule has 0 bridgehead atoms. The van der Waals surface area contributed by atoms with E-state index in [1.165, 1.54) is 0 Å². The maximum Gasteiger partial charge on any atom is 0.460 e. The van der Waals surface area contributed by atoms with Crippen LogP contribution in [0.5, 0.6) is 0 Å². The van der Waals surface area contributed by atoms with E-state index in [4.69, 9.17) is 0 Å². The van der Waals surface area contributed by atoms with E-state index in [0.29, 0.717) is 20.8 Å². The standard InChI is InChI=1S/C14H13F11O4/c1-9(2,3)8(29-7(28)5-4-6(26)27)10(15,16)11(17,18)12(19,20)13(21,22)14(23,24)25/h4-5,8H,1-3H3,(H,26,27)/p-1/b5-4+. The topological polar surface area (TPSA) is 66.4 Å². The van der Waals surface area contributed by atoms with E-state index in [-0.39, 0.29) is 12.2 Å². The summed E-state index contributed by atoms with van der Waals surface area (Å²) in [4.78, 5) is 21.4.